The van der Waals surface area contributed by atoms with Gasteiger partial charge in [0.05, 0.1) is 7.11 Å². The van der Waals surface area contributed by atoms with Crippen molar-refractivity contribution in [1.82, 2.24) is 5.32 Å². The molecule has 2 unspecified atom stereocenters. The highest BCUT2D eigenvalue weighted by atomic mass is 16.6. The minimum absolute atomic E-state index is 0.346. The molecule has 1 aromatic rings. The van der Waals surface area contributed by atoms with Crippen LogP contribution in [0.5, 0.6) is 5.75 Å². The lowest BCUT2D eigenvalue weighted by Crippen LogP contribution is -2.28. The number of carbonyl (C=O) groups is 1. The summed E-state index contributed by atoms with van der Waals surface area (Å²) in [7, 11) is 1.38. The first-order chi connectivity index (χ1) is 9.67. The van der Waals surface area contributed by atoms with Crippen molar-refractivity contribution in [2.75, 3.05) is 13.7 Å². The molecule has 1 aliphatic carbocycles. The Morgan fingerprint density at radius 1 is 1.50 bits per heavy atom. The average molecular weight is 277 g/mol. The molecule has 2 rings (SSSR count). The fraction of sp³-hybridized carbons (Fsp3) is 0.562. The summed E-state index contributed by atoms with van der Waals surface area (Å²) in [6, 6.07) is 6.47. The highest BCUT2D eigenvalue weighted by Gasteiger charge is 2.24. The van der Waals surface area contributed by atoms with Gasteiger partial charge < -0.3 is 14.8 Å². The van der Waals surface area contributed by atoms with Gasteiger partial charge in [0.2, 0.25) is 0 Å². The Morgan fingerprint density at radius 3 is 3.00 bits per heavy atom. The van der Waals surface area contributed by atoms with E-state index >= 15 is 0 Å². The second-order valence-corrected chi connectivity index (χ2v) is 5.11. The predicted molar refractivity (Wildman–Crippen MR) is 77.9 cm³/mol. The lowest BCUT2D eigenvalue weighted by Gasteiger charge is -2.28. The summed E-state index contributed by atoms with van der Waals surface area (Å²) in [4.78, 5) is 11.5. The van der Waals surface area contributed by atoms with Crippen molar-refractivity contribution in [2.24, 2.45) is 0 Å². The molecule has 0 heterocycles. The molecule has 2 atom stereocenters. The Balaban J connectivity index is 2.23. The first-order valence-corrected chi connectivity index (χ1v) is 7.27. The van der Waals surface area contributed by atoms with Crippen molar-refractivity contribution < 1.29 is 14.3 Å². The van der Waals surface area contributed by atoms with E-state index in [1.165, 1.54) is 18.2 Å². The molecular weight excluding hydrogens is 254 g/mol. The number of nitrogens with one attached hydrogen (secondary N) is 1. The summed E-state index contributed by atoms with van der Waals surface area (Å²) in [6.07, 6.45) is 2.71. The van der Waals surface area contributed by atoms with Gasteiger partial charge in [-0.1, -0.05) is 19.1 Å². The molecule has 0 saturated heterocycles. The van der Waals surface area contributed by atoms with Crippen molar-refractivity contribution in [2.45, 2.75) is 45.3 Å². The maximum atomic E-state index is 11.5. The van der Waals surface area contributed by atoms with Crippen molar-refractivity contribution >= 4 is 5.97 Å². The first kappa shape index (κ1) is 14.9. The molecule has 4 heteroatoms. The molecule has 0 aliphatic heterocycles. The standard InChI is InChI=1S/C16H23NO3/c1-4-17-14-9-5-8-13-12(14)7-6-10-15(13)20-11(2)16(18)19-3/h6-7,10-11,14,17H,4-5,8-9H2,1-3H3. The number of rotatable bonds is 5. The fourth-order valence-corrected chi connectivity index (χ4v) is 2.79. The molecule has 110 valence electrons. The van der Waals surface area contributed by atoms with Crippen molar-refractivity contribution in [3.63, 3.8) is 0 Å². The van der Waals surface area contributed by atoms with Crippen molar-refractivity contribution in [1.29, 1.82) is 0 Å². The molecule has 0 radical (unpaired) electrons. The number of esters is 1. The predicted octanol–water partition coefficient (Wildman–Crippen LogP) is 2.61. The van der Waals surface area contributed by atoms with Gasteiger partial charge in [-0.3, -0.25) is 0 Å². The monoisotopic (exact) mass is 277 g/mol. The number of hydrogen-bond acceptors (Lipinski definition) is 4. The van der Waals surface area contributed by atoms with Crippen LogP contribution in [-0.2, 0) is 16.0 Å². The molecule has 1 N–H and O–H groups in total. The minimum Gasteiger partial charge on any atom is -0.479 e. The Bertz CT molecular complexity index is 473. The largest absolute Gasteiger partial charge is 0.479 e. The second-order valence-electron chi connectivity index (χ2n) is 5.11. The number of methoxy groups -OCH3 is 1. The SMILES string of the molecule is CCNC1CCCc2c(OC(C)C(=O)OC)cccc21. The van der Waals surface area contributed by atoms with E-state index in [4.69, 9.17) is 9.47 Å². The smallest absolute Gasteiger partial charge is 0.346 e. The Labute approximate surface area is 120 Å². The highest BCUT2D eigenvalue weighted by Crippen LogP contribution is 2.35. The maximum Gasteiger partial charge on any atom is 0.346 e. The topological polar surface area (TPSA) is 47.6 Å². The molecule has 4 nitrogen and oxygen atoms in total. The molecule has 0 aromatic heterocycles. The van der Waals surface area contributed by atoms with Crippen LogP contribution < -0.4 is 10.1 Å². The van der Waals surface area contributed by atoms with E-state index in [1.807, 2.05) is 12.1 Å². The van der Waals surface area contributed by atoms with Crippen molar-refractivity contribution in [3.05, 3.63) is 29.3 Å². The Morgan fingerprint density at radius 2 is 2.30 bits per heavy atom. The molecule has 0 amide bonds. The summed E-state index contributed by atoms with van der Waals surface area (Å²) in [5, 5.41) is 3.51. The zero-order valence-electron chi connectivity index (χ0n) is 12.4. The average Bonchev–Trinajstić information content (AvgIpc) is 2.47. The highest BCUT2D eigenvalue weighted by molar-refractivity contribution is 5.74. The van der Waals surface area contributed by atoms with Gasteiger partial charge in [-0.2, -0.15) is 0 Å². The fourth-order valence-electron chi connectivity index (χ4n) is 2.79. The third kappa shape index (κ3) is 3.12. The van der Waals surface area contributed by atoms with Gasteiger partial charge in [-0.25, -0.2) is 4.79 Å². The van der Waals surface area contributed by atoms with Crippen LogP contribution >= 0.6 is 0 Å². The number of benzene rings is 1. The van der Waals surface area contributed by atoms with Crippen LogP contribution in [-0.4, -0.2) is 25.7 Å². The lowest BCUT2D eigenvalue weighted by atomic mass is 9.87. The summed E-state index contributed by atoms with van der Waals surface area (Å²) in [5.74, 6) is 0.463. The third-order valence-electron chi connectivity index (χ3n) is 3.75. The van der Waals surface area contributed by atoms with E-state index in [2.05, 4.69) is 18.3 Å². The first-order valence-electron chi connectivity index (χ1n) is 7.27. The molecule has 1 aliphatic rings. The van der Waals surface area contributed by atoms with Crippen LogP contribution in [0.15, 0.2) is 18.2 Å². The molecule has 0 bridgehead atoms. The summed E-state index contributed by atoms with van der Waals surface area (Å²) in [5.41, 5.74) is 2.52. The minimum atomic E-state index is -0.578. The number of fused-ring (bicyclic) bond motifs is 1. The lowest BCUT2D eigenvalue weighted by molar-refractivity contribution is -0.147. The number of hydrogen-bond donors (Lipinski definition) is 1. The zero-order chi connectivity index (χ0) is 14.5. The van der Waals surface area contributed by atoms with Gasteiger partial charge >= 0.3 is 5.97 Å². The summed E-state index contributed by atoms with van der Waals surface area (Å²) >= 11 is 0. The van der Waals surface area contributed by atoms with Gasteiger partial charge in [0.15, 0.2) is 6.10 Å². The van der Waals surface area contributed by atoms with Crippen LogP contribution in [0.2, 0.25) is 0 Å². The van der Waals surface area contributed by atoms with Crippen LogP contribution in [0.1, 0.15) is 43.9 Å². The quantitative estimate of drug-likeness (QED) is 0.840. The van der Waals surface area contributed by atoms with E-state index < -0.39 is 6.10 Å². The van der Waals surface area contributed by atoms with E-state index in [1.54, 1.807) is 6.92 Å². The Kier molecular flexibility index (Phi) is 5.01. The Hall–Kier alpha value is -1.55. The molecule has 1 aromatic carbocycles. The van der Waals surface area contributed by atoms with Crippen LogP contribution in [0.4, 0.5) is 0 Å². The number of carbonyl (C=O) groups excluding carboxylic acids is 1. The summed E-state index contributed by atoms with van der Waals surface area (Å²) in [6.45, 7) is 4.79. The molecule has 20 heavy (non-hydrogen) atoms. The van der Waals surface area contributed by atoms with Gasteiger partial charge in [0, 0.05) is 6.04 Å². The summed E-state index contributed by atoms with van der Waals surface area (Å²) < 4.78 is 10.5. The van der Waals surface area contributed by atoms with E-state index in [0.29, 0.717) is 6.04 Å². The van der Waals surface area contributed by atoms with Crippen LogP contribution in [0.3, 0.4) is 0 Å². The van der Waals surface area contributed by atoms with Gasteiger partial charge in [-0.05, 0) is 49.9 Å². The van der Waals surface area contributed by atoms with Crippen LogP contribution in [0.25, 0.3) is 0 Å². The number of ether oxygens (including phenoxy) is 2. The van der Waals surface area contributed by atoms with Crippen LogP contribution in [0, 0.1) is 0 Å². The van der Waals surface area contributed by atoms with Gasteiger partial charge in [0.1, 0.15) is 5.75 Å². The maximum absolute atomic E-state index is 11.5. The van der Waals surface area contributed by atoms with E-state index in [0.717, 1.165) is 31.6 Å². The van der Waals surface area contributed by atoms with Crippen molar-refractivity contribution in [3.8, 4) is 5.75 Å². The molecule has 0 fully saturated rings. The van der Waals surface area contributed by atoms with E-state index in [9.17, 15) is 4.79 Å². The van der Waals surface area contributed by atoms with Gasteiger partial charge in [0.25, 0.3) is 0 Å². The third-order valence-corrected chi connectivity index (χ3v) is 3.75. The zero-order valence-corrected chi connectivity index (χ0v) is 12.4. The normalized spacial score (nSPS) is 19.1. The van der Waals surface area contributed by atoms with Gasteiger partial charge in [-0.15, -0.1) is 0 Å². The second kappa shape index (κ2) is 6.75. The molecule has 0 spiro atoms. The molecular formula is C16H23NO3. The van der Waals surface area contributed by atoms with E-state index in [-0.39, 0.29) is 5.97 Å². The molecule has 0 saturated carbocycles.